The van der Waals surface area contributed by atoms with Crippen LogP contribution in [0.3, 0.4) is 0 Å². The van der Waals surface area contributed by atoms with Crippen LogP contribution in [0, 0.1) is 11.8 Å². The topological polar surface area (TPSA) is 51.0 Å². The number of para-hydroxylation sites is 1. The van der Waals surface area contributed by atoms with Crippen LogP contribution in [0.15, 0.2) is 36.9 Å². The van der Waals surface area contributed by atoms with Crippen LogP contribution < -0.4 is 0 Å². The van der Waals surface area contributed by atoms with Gasteiger partial charge in [-0.2, -0.15) is 0 Å². The van der Waals surface area contributed by atoms with Gasteiger partial charge in [-0.05, 0) is 43.2 Å². The second kappa shape index (κ2) is 5.55. The maximum Gasteiger partial charge on any atom is 0.256 e. The summed E-state index contributed by atoms with van der Waals surface area (Å²) in [6, 6.07) is 7.71. The Bertz CT molecular complexity index is 655. The molecule has 1 aliphatic heterocycles. The molecule has 2 aliphatic rings. The molecule has 114 valence electrons. The lowest BCUT2D eigenvalue weighted by atomic mass is 9.78. The van der Waals surface area contributed by atoms with Crippen LogP contribution in [0.1, 0.15) is 36.0 Å². The number of fused-ring (bicyclic) bond motifs is 2. The standard InChI is InChI=1S/C17H20N4O/c22-17(20-9-13-4-3-5-14(8-13)10-20)15-6-1-2-7-16(15)21-11-18-19-12-21/h1-2,6-7,11-14H,3-5,8-10H2/t13-,14-/m0/s1. The van der Waals surface area contributed by atoms with Gasteiger partial charge in [-0.1, -0.05) is 18.6 Å². The molecule has 1 aromatic heterocycles. The van der Waals surface area contributed by atoms with Crippen molar-refractivity contribution in [2.24, 2.45) is 11.8 Å². The highest BCUT2D eigenvalue weighted by Gasteiger charge is 2.33. The van der Waals surface area contributed by atoms with Gasteiger partial charge in [-0.15, -0.1) is 10.2 Å². The molecule has 1 saturated carbocycles. The Morgan fingerprint density at radius 2 is 1.73 bits per heavy atom. The number of carbonyl (C=O) groups is 1. The lowest BCUT2D eigenvalue weighted by Crippen LogP contribution is -2.45. The first-order valence-electron chi connectivity index (χ1n) is 8.04. The molecule has 0 radical (unpaired) electrons. The maximum atomic E-state index is 13.0. The lowest BCUT2D eigenvalue weighted by Gasteiger charge is -2.41. The third-order valence-corrected chi connectivity index (χ3v) is 4.97. The summed E-state index contributed by atoms with van der Waals surface area (Å²) >= 11 is 0. The van der Waals surface area contributed by atoms with E-state index >= 15 is 0 Å². The van der Waals surface area contributed by atoms with Crippen LogP contribution in [0.25, 0.3) is 5.69 Å². The number of benzene rings is 1. The van der Waals surface area contributed by atoms with Gasteiger partial charge < -0.3 is 4.90 Å². The molecular weight excluding hydrogens is 276 g/mol. The Morgan fingerprint density at radius 1 is 1.05 bits per heavy atom. The molecule has 1 amide bonds. The number of hydrogen-bond acceptors (Lipinski definition) is 3. The van der Waals surface area contributed by atoms with Crippen molar-refractivity contribution in [2.75, 3.05) is 13.1 Å². The largest absolute Gasteiger partial charge is 0.338 e. The molecule has 2 fully saturated rings. The zero-order valence-electron chi connectivity index (χ0n) is 12.6. The van der Waals surface area contributed by atoms with Crippen LogP contribution in [-0.2, 0) is 0 Å². The van der Waals surface area contributed by atoms with Crippen LogP contribution in [0.4, 0.5) is 0 Å². The summed E-state index contributed by atoms with van der Waals surface area (Å²) in [4.78, 5) is 15.1. The van der Waals surface area contributed by atoms with Crippen molar-refractivity contribution in [3.05, 3.63) is 42.5 Å². The Kier molecular flexibility index (Phi) is 3.41. The average molecular weight is 296 g/mol. The molecule has 1 aliphatic carbocycles. The van der Waals surface area contributed by atoms with Crippen molar-refractivity contribution < 1.29 is 4.79 Å². The summed E-state index contributed by atoms with van der Waals surface area (Å²) < 4.78 is 1.80. The van der Waals surface area contributed by atoms with Gasteiger partial charge in [0.2, 0.25) is 0 Å². The number of carbonyl (C=O) groups excluding carboxylic acids is 1. The van der Waals surface area contributed by atoms with Gasteiger partial charge in [0.15, 0.2) is 0 Å². The fourth-order valence-electron chi connectivity index (χ4n) is 3.97. The highest BCUT2D eigenvalue weighted by Crippen LogP contribution is 2.35. The average Bonchev–Trinajstić information content (AvgIpc) is 3.08. The zero-order valence-corrected chi connectivity index (χ0v) is 12.6. The molecule has 2 atom stereocenters. The predicted octanol–water partition coefficient (Wildman–Crippen LogP) is 2.53. The van der Waals surface area contributed by atoms with Gasteiger partial charge in [0.25, 0.3) is 5.91 Å². The minimum absolute atomic E-state index is 0.140. The molecule has 2 aromatic rings. The van der Waals surface area contributed by atoms with E-state index < -0.39 is 0 Å². The smallest absolute Gasteiger partial charge is 0.256 e. The number of piperidine rings is 1. The number of likely N-dealkylation sites (tertiary alicyclic amines) is 1. The van der Waals surface area contributed by atoms with E-state index in [-0.39, 0.29) is 5.91 Å². The summed E-state index contributed by atoms with van der Waals surface area (Å²) in [5.74, 6) is 1.53. The first kappa shape index (κ1) is 13.5. The fraction of sp³-hybridized carbons (Fsp3) is 0.471. The van der Waals surface area contributed by atoms with E-state index in [1.165, 1.54) is 25.7 Å². The third-order valence-electron chi connectivity index (χ3n) is 4.97. The van der Waals surface area contributed by atoms with Crippen molar-refractivity contribution in [3.8, 4) is 5.69 Å². The van der Waals surface area contributed by atoms with E-state index in [1.807, 2.05) is 24.3 Å². The van der Waals surface area contributed by atoms with Crippen molar-refractivity contribution in [1.82, 2.24) is 19.7 Å². The fourth-order valence-corrected chi connectivity index (χ4v) is 3.97. The number of aromatic nitrogens is 3. The van der Waals surface area contributed by atoms with Gasteiger partial charge in [0.1, 0.15) is 12.7 Å². The second-order valence-corrected chi connectivity index (χ2v) is 6.50. The van der Waals surface area contributed by atoms with Gasteiger partial charge in [-0.3, -0.25) is 9.36 Å². The molecule has 5 nitrogen and oxygen atoms in total. The second-order valence-electron chi connectivity index (χ2n) is 6.50. The molecule has 5 heteroatoms. The SMILES string of the molecule is O=C(c1ccccc1-n1cnnc1)N1C[C@H]2CCC[C@@H](C2)C1. The summed E-state index contributed by atoms with van der Waals surface area (Å²) in [6.07, 6.45) is 8.44. The molecular formula is C17H20N4O. The highest BCUT2D eigenvalue weighted by molar-refractivity contribution is 5.97. The van der Waals surface area contributed by atoms with Gasteiger partial charge in [0, 0.05) is 13.1 Å². The van der Waals surface area contributed by atoms with Gasteiger partial charge in [-0.25, -0.2) is 0 Å². The van der Waals surface area contributed by atoms with Crippen LogP contribution in [0.5, 0.6) is 0 Å². The summed E-state index contributed by atoms with van der Waals surface area (Å²) in [6.45, 7) is 1.82. The minimum atomic E-state index is 0.140. The minimum Gasteiger partial charge on any atom is -0.338 e. The van der Waals surface area contributed by atoms with E-state index in [2.05, 4.69) is 15.1 Å². The van der Waals surface area contributed by atoms with Gasteiger partial charge >= 0.3 is 0 Å². The van der Waals surface area contributed by atoms with E-state index in [0.717, 1.165) is 24.3 Å². The molecule has 4 rings (SSSR count). The molecule has 2 heterocycles. The zero-order chi connectivity index (χ0) is 14.9. The quantitative estimate of drug-likeness (QED) is 0.855. The number of rotatable bonds is 2. The van der Waals surface area contributed by atoms with Crippen molar-refractivity contribution in [1.29, 1.82) is 0 Å². The normalized spacial score (nSPS) is 24.3. The summed E-state index contributed by atoms with van der Waals surface area (Å²) in [7, 11) is 0. The molecule has 22 heavy (non-hydrogen) atoms. The van der Waals surface area contributed by atoms with Crippen LogP contribution in [-0.4, -0.2) is 38.7 Å². The molecule has 1 aromatic carbocycles. The third kappa shape index (κ3) is 2.40. The molecule has 1 saturated heterocycles. The number of amides is 1. The first-order valence-corrected chi connectivity index (χ1v) is 8.04. The van der Waals surface area contributed by atoms with E-state index in [4.69, 9.17) is 0 Å². The Labute approximate surface area is 130 Å². The van der Waals surface area contributed by atoms with Crippen LogP contribution >= 0.6 is 0 Å². The van der Waals surface area contributed by atoms with Crippen molar-refractivity contribution >= 4 is 5.91 Å². The first-order chi connectivity index (χ1) is 10.8. The van der Waals surface area contributed by atoms with E-state index in [1.54, 1.807) is 17.2 Å². The molecule has 0 unspecified atom stereocenters. The highest BCUT2D eigenvalue weighted by atomic mass is 16.2. The summed E-state index contributed by atoms with van der Waals surface area (Å²) in [5.41, 5.74) is 1.59. The molecule has 2 bridgehead atoms. The Balaban J connectivity index is 1.63. The Hall–Kier alpha value is -2.17. The van der Waals surface area contributed by atoms with E-state index in [9.17, 15) is 4.79 Å². The van der Waals surface area contributed by atoms with Crippen molar-refractivity contribution in [2.45, 2.75) is 25.7 Å². The number of nitrogens with zero attached hydrogens (tertiary/aromatic N) is 4. The van der Waals surface area contributed by atoms with Crippen molar-refractivity contribution in [3.63, 3.8) is 0 Å². The predicted molar refractivity (Wildman–Crippen MR) is 82.7 cm³/mol. The summed E-state index contributed by atoms with van der Waals surface area (Å²) in [5, 5.41) is 7.69. The lowest BCUT2D eigenvalue weighted by molar-refractivity contribution is 0.0504. The van der Waals surface area contributed by atoms with E-state index in [0.29, 0.717) is 11.8 Å². The molecule has 0 spiro atoms. The van der Waals surface area contributed by atoms with Crippen LogP contribution in [0.2, 0.25) is 0 Å². The maximum absolute atomic E-state index is 13.0. The number of hydrogen-bond donors (Lipinski definition) is 0. The Morgan fingerprint density at radius 3 is 2.45 bits per heavy atom. The monoisotopic (exact) mass is 296 g/mol. The molecule has 0 N–H and O–H groups in total. The van der Waals surface area contributed by atoms with Gasteiger partial charge in [0.05, 0.1) is 11.3 Å².